The van der Waals surface area contributed by atoms with Crippen molar-refractivity contribution in [3.8, 4) is 0 Å². The van der Waals surface area contributed by atoms with E-state index in [-0.39, 0.29) is 29.7 Å². The van der Waals surface area contributed by atoms with E-state index in [0.29, 0.717) is 0 Å². The monoisotopic (exact) mass is 361 g/mol. The number of allylic oxidation sites excluding steroid dienone is 2. The average molecular weight is 361 g/mol. The molecule has 0 bridgehead atoms. The van der Waals surface area contributed by atoms with Crippen LogP contribution in [0.5, 0.6) is 0 Å². The Hall–Kier alpha value is -3.16. The molecule has 0 saturated heterocycles. The third-order valence-corrected chi connectivity index (χ3v) is 4.19. The van der Waals surface area contributed by atoms with Gasteiger partial charge in [-0.15, -0.1) is 0 Å². The molecule has 1 aliphatic carbocycles. The summed E-state index contributed by atoms with van der Waals surface area (Å²) in [5, 5.41) is 11.9. The minimum absolute atomic E-state index is 0.0479. The molecule has 8 nitrogen and oxygen atoms in total. The maximum Gasteiger partial charge on any atom is 0.339 e. The molecular formula is C18H19NO7. The van der Waals surface area contributed by atoms with Gasteiger partial charge in [-0.1, -0.05) is 12.2 Å². The molecule has 26 heavy (non-hydrogen) atoms. The summed E-state index contributed by atoms with van der Waals surface area (Å²) in [7, 11) is 2.40. The largest absolute Gasteiger partial charge is 0.481 e. The van der Waals surface area contributed by atoms with Gasteiger partial charge < -0.3 is 19.9 Å². The number of benzene rings is 1. The van der Waals surface area contributed by atoms with Crippen LogP contribution < -0.4 is 5.32 Å². The summed E-state index contributed by atoms with van der Waals surface area (Å²) >= 11 is 0. The molecule has 0 aromatic heterocycles. The molecule has 138 valence electrons. The molecule has 2 atom stereocenters. The predicted octanol–water partition coefficient (Wildman–Crippen LogP) is 1.87. The topological polar surface area (TPSA) is 119 Å². The van der Waals surface area contributed by atoms with Crippen LogP contribution in [0.4, 0.5) is 5.69 Å². The molecule has 8 heteroatoms. The highest BCUT2D eigenvalue weighted by Gasteiger charge is 2.34. The number of esters is 2. The molecule has 0 saturated carbocycles. The zero-order valence-electron chi connectivity index (χ0n) is 14.4. The van der Waals surface area contributed by atoms with Crippen molar-refractivity contribution in [1.29, 1.82) is 0 Å². The first-order valence-electron chi connectivity index (χ1n) is 7.88. The summed E-state index contributed by atoms with van der Waals surface area (Å²) in [5.41, 5.74) is 0.240. The molecular weight excluding hydrogens is 342 g/mol. The van der Waals surface area contributed by atoms with E-state index in [2.05, 4.69) is 14.8 Å². The summed E-state index contributed by atoms with van der Waals surface area (Å²) in [6.07, 6.45) is 3.99. The van der Waals surface area contributed by atoms with Crippen LogP contribution >= 0.6 is 0 Å². The van der Waals surface area contributed by atoms with Crippen LogP contribution in [0.25, 0.3) is 0 Å². The Morgan fingerprint density at radius 1 is 1.00 bits per heavy atom. The van der Waals surface area contributed by atoms with Crippen molar-refractivity contribution >= 4 is 29.5 Å². The third kappa shape index (κ3) is 4.08. The van der Waals surface area contributed by atoms with Crippen molar-refractivity contribution in [3.63, 3.8) is 0 Å². The van der Waals surface area contributed by atoms with Crippen molar-refractivity contribution in [3.05, 3.63) is 41.5 Å². The summed E-state index contributed by atoms with van der Waals surface area (Å²) in [5.74, 6) is -4.59. The van der Waals surface area contributed by atoms with Gasteiger partial charge in [-0.05, 0) is 31.0 Å². The van der Waals surface area contributed by atoms with Crippen LogP contribution in [-0.4, -0.2) is 43.1 Å². The summed E-state index contributed by atoms with van der Waals surface area (Å²) in [6.45, 7) is 0. The summed E-state index contributed by atoms with van der Waals surface area (Å²) < 4.78 is 9.31. The van der Waals surface area contributed by atoms with Crippen LogP contribution in [0, 0.1) is 11.8 Å². The maximum absolute atomic E-state index is 12.6. The van der Waals surface area contributed by atoms with E-state index in [9.17, 15) is 24.3 Å². The Morgan fingerprint density at radius 2 is 1.62 bits per heavy atom. The van der Waals surface area contributed by atoms with Crippen molar-refractivity contribution < 1.29 is 33.8 Å². The molecule has 0 radical (unpaired) electrons. The van der Waals surface area contributed by atoms with Gasteiger partial charge in [-0.25, -0.2) is 9.59 Å². The molecule has 0 aliphatic heterocycles. The number of hydrogen-bond acceptors (Lipinski definition) is 6. The van der Waals surface area contributed by atoms with E-state index in [1.165, 1.54) is 32.4 Å². The molecule has 2 N–H and O–H groups in total. The summed E-state index contributed by atoms with van der Waals surface area (Å²) in [4.78, 5) is 47.6. The number of carboxylic acids is 1. The zero-order chi connectivity index (χ0) is 19.3. The molecule has 1 aromatic carbocycles. The van der Waals surface area contributed by atoms with E-state index >= 15 is 0 Å². The van der Waals surface area contributed by atoms with Gasteiger partial charge in [0.25, 0.3) is 0 Å². The number of carbonyl (C=O) groups is 4. The quantitative estimate of drug-likeness (QED) is 0.607. The Kier molecular flexibility index (Phi) is 6.11. The number of methoxy groups -OCH3 is 2. The van der Waals surface area contributed by atoms with Crippen LogP contribution in [0.15, 0.2) is 30.4 Å². The lowest BCUT2D eigenvalue weighted by molar-refractivity contribution is -0.146. The highest BCUT2D eigenvalue weighted by molar-refractivity contribution is 6.04. The van der Waals surface area contributed by atoms with Gasteiger partial charge in [0.15, 0.2) is 0 Å². The van der Waals surface area contributed by atoms with Gasteiger partial charge >= 0.3 is 17.9 Å². The van der Waals surface area contributed by atoms with Gasteiger partial charge in [0.2, 0.25) is 5.91 Å². The predicted molar refractivity (Wildman–Crippen MR) is 90.7 cm³/mol. The minimum atomic E-state index is -1.06. The molecule has 0 fully saturated rings. The van der Waals surface area contributed by atoms with E-state index in [4.69, 9.17) is 0 Å². The van der Waals surface area contributed by atoms with E-state index < -0.39 is 35.7 Å². The van der Waals surface area contributed by atoms with E-state index in [1.807, 2.05) is 0 Å². The minimum Gasteiger partial charge on any atom is -0.481 e. The molecule has 0 spiro atoms. The molecule has 1 aromatic rings. The van der Waals surface area contributed by atoms with Gasteiger partial charge in [-0.3, -0.25) is 9.59 Å². The Morgan fingerprint density at radius 3 is 2.19 bits per heavy atom. The average Bonchev–Trinajstić information content (AvgIpc) is 2.66. The van der Waals surface area contributed by atoms with Crippen LogP contribution in [0.2, 0.25) is 0 Å². The van der Waals surface area contributed by atoms with Gasteiger partial charge in [0, 0.05) is 0 Å². The fourth-order valence-electron chi connectivity index (χ4n) is 2.78. The standard InChI is InChI=1S/C18H19NO7/c1-25-17(23)10-7-8-13(18(24)26-2)14(9-10)19-15(20)11-5-3-4-6-12(11)16(21)22/h3-4,7-9,11-12H,5-6H2,1-2H3,(H,19,20)(H,21,22)/t11-,12-/m0/s1. The number of hydrogen-bond donors (Lipinski definition) is 2. The normalized spacial score (nSPS) is 18.7. The fourth-order valence-corrected chi connectivity index (χ4v) is 2.78. The number of aliphatic carboxylic acids is 1. The molecule has 0 unspecified atom stereocenters. The second-order valence-corrected chi connectivity index (χ2v) is 5.73. The molecule has 0 heterocycles. The number of ether oxygens (including phenoxy) is 2. The van der Waals surface area contributed by atoms with Gasteiger partial charge in [0.1, 0.15) is 0 Å². The van der Waals surface area contributed by atoms with Gasteiger partial charge in [-0.2, -0.15) is 0 Å². The Labute approximate surface area is 149 Å². The lowest BCUT2D eigenvalue weighted by Gasteiger charge is -2.24. The number of anilines is 1. The molecule has 2 rings (SSSR count). The van der Waals surface area contributed by atoms with E-state index in [0.717, 1.165) is 0 Å². The number of amides is 1. The third-order valence-electron chi connectivity index (χ3n) is 4.19. The second-order valence-electron chi connectivity index (χ2n) is 5.73. The Balaban J connectivity index is 2.34. The molecule has 1 aliphatic rings. The second kappa shape index (κ2) is 8.28. The van der Waals surface area contributed by atoms with Crippen LogP contribution in [0.1, 0.15) is 33.6 Å². The number of carbonyl (C=O) groups excluding carboxylic acids is 3. The number of carboxylic acid groups (broad SMARTS) is 1. The highest BCUT2D eigenvalue weighted by Crippen LogP contribution is 2.28. The van der Waals surface area contributed by atoms with Crippen molar-refractivity contribution in [1.82, 2.24) is 0 Å². The zero-order valence-corrected chi connectivity index (χ0v) is 14.4. The van der Waals surface area contributed by atoms with Crippen molar-refractivity contribution in [2.75, 3.05) is 19.5 Å². The number of rotatable bonds is 5. The van der Waals surface area contributed by atoms with Crippen molar-refractivity contribution in [2.24, 2.45) is 11.8 Å². The smallest absolute Gasteiger partial charge is 0.339 e. The Bertz CT molecular complexity index is 769. The first kappa shape index (κ1) is 19.2. The lowest BCUT2D eigenvalue weighted by Crippen LogP contribution is -2.35. The molecule has 1 amide bonds. The van der Waals surface area contributed by atoms with E-state index in [1.54, 1.807) is 12.2 Å². The maximum atomic E-state index is 12.6. The first-order valence-corrected chi connectivity index (χ1v) is 7.88. The summed E-state index contributed by atoms with van der Waals surface area (Å²) in [6, 6.07) is 4.00. The van der Waals surface area contributed by atoms with Crippen molar-refractivity contribution in [2.45, 2.75) is 12.8 Å². The fraction of sp³-hybridized carbons (Fsp3) is 0.333. The first-order chi connectivity index (χ1) is 12.4. The van der Waals surface area contributed by atoms with Gasteiger partial charge in [0.05, 0.1) is 42.9 Å². The van der Waals surface area contributed by atoms with Crippen LogP contribution in [-0.2, 0) is 19.1 Å². The lowest BCUT2D eigenvalue weighted by atomic mass is 9.82. The van der Waals surface area contributed by atoms with Crippen LogP contribution in [0.3, 0.4) is 0 Å². The highest BCUT2D eigenvalue weighted by atomic mass is 16.5. The number of nitrogens with one attached hydrogen (secondary N) is 1. The SMILES string of the molecule is COC(=O)c1ccc(C(=O)OC)c(NC(=O)[C@H]2CC=CC[C@@H]2C(=O)O)c1.